The van der Waals surface area contributed by atoms with Crippen molar-refractivity contribution in [1.29, 1.82) is 5.26 Å². The van der Waals surface area contributed by atoms with Gasteiger partial charge in [0.2, 0.25) is 0 Å². The molecule has 3 rings (SSSR count). The topological polar surface area (TPSA) is 60.5 Å². The third kappa shape index (κ3) is 5.68. The van der Waals surface area contributed by atoms with Crippen LogP contribution in [0.4, 0.5) is 0 Å². The molecule has 0 fully saturated rings. The fourth-order valence-corrected chi connectivity index (χ4v) is 4.41. The van der Waals surface area contributed by atoms with Crippen LogP contribution in [0.2, 0.25) is 0 Å². The van der Waals surface area contributed by atoms with E-state index in [4.69, 9.17) is 4.99 Å². The average Bonchev–Trinajstić information content (AvgIpc) is 3.19. The molecule has 0 saturated carbocycles. The third-order valence-electron chi connectivity index (χ3n) is 5.90. The molecule has 0 aliphatic heterocycles. The smallest absolute Gasteiger partial charge is 0.0994 e. The highest BCUT2D eigenvalue weighted by Gasteiger charge is 2.23. The molecule has 0 saturated heterocycles. The van der Waals surface area contributed by atoms with Crippen LogP contribution in [-0.4, -0.2) is 25.5 Å². The minimum atomic E-state index is 0.449. The maximum Gasteiger partial charge on any atom is 0.0994 e. The molecule has 1 N–H and O–H groups in total. The molecule has 0 bridgehead atoms. The van der Waals surface area contributed by atoms with Crippen LogP contribution in [0.1, 0.15) is 73.0 Å². The van der Waals surface area contributed by atoms with Gasteiger partial charge >= 0.3 is 0 Å². The number of nitrogens with one attached hydrogen (secondary N) is 1. The summed E-state index contributed by atoms with van der Waals surface area (Å²) < 4.78 is 0. The number of nitrogens with zero attached hydrogens (tertiary/aromatic N) is 3. The van der Waals surface area contributed by atoms with Crippen molar-refractivity contribution < 1.29 is 0 Å². The maximum absolute atomic E-state index is 9.64. The molecule has 2 aromatic rings. The molecular formula is C27H34N4. The summed E-state index contributed by atoms with van der Waals surface area (Å²) in [5.41, 5.74) is 7.83. The van der Waals surface area contributed by atoms with E-state index in [2.05, 4.69) is 74.2 Å². The fraction of sp³-hybridized carbons (Fsp3) is 0.444. The van der Waals surface area contributed by atoms with E-state index in [1.165, 1.54) is 16.7 Å². The predicted octanol–water partition coefficient (Wildman–Crippen LogP) is 5.43. The quantitative estimate of drug-likeness (QED) is 0.527. The van der Waals surface area contributed by atoms with E-state index in [0.29, 0.717) is 25.0 Å². The fourth-order valence-electron chi connectivity index (χ4n) is 4.41. The second-order valence-electron chi connectivity index (χ2n) is 8.76. The lowest BCUT2D eigenvalue weighted by atomic mass is 9.95. The van der Waals surface area contributed by atoms with Gasteiger partial charge in [-0.3, -0.25) is 9.98 Å². The molecule has 0 aromatic heterocycles. The van der Waals surface area contributed by atoms with Crippen LogP contribution in [0.3, 0.4) is 0 Å². The molecule has 1 atom stereocenters. The van der Waals surface area contributed by atoms with Crippen molar-refractivity contribution in [1.82, 2.24) is 5.32 Å². The van der Waals surface area contributed by atoms with Gasteiger partial charge in [-0.25, -0.2) is 0 Å². The van der Waals surface area contributed by atoms with Gasteiger partial charge in [0.05, 0.1) is 30.4 Å². The molecule has 4 heteroatoms. The van der Waals surface area contributed by atoms with Gasteiger partial charge in [-0.15, -0.1) is 0 Å². The Labute approximate surface area is 187 Å². The van der Waals surface area contributed by atoms with Crippen molar-refractivity contribution in [3.8, 4) is 6.07 Å². The molecular weight excluding hydrogens is 380 g/mol. The van der Waals surface area contributed by atoms with Crippen molar-refractivity contribution in [3.63, 3.8) is 0 Å². The zero-order valence-corrected chi connectivity index (χ0v) is 19.1. The van der Waals surface area contributed by atoms with Crippen LogP contribution >= 0.6 is 0 Å². The lowest BCUT2D eigenvalue weighted by molar-refractivity contribution is 0.529. The average molecular weight is 415 g/mol. The molecule has 1 aliphatic carbocycles. The molecule has 31 heavy (non-hydrogen) atoms. The number of hydrogen-bond donors (Lipinski definition) is 1. The largest absolute Gasteiger partial charge is 0.310 e. The van der Waals surface area contributed by atoms with Crippen LogP contribution in [0.15, 0.2) is 46.4 Å². The third-order valence-corrected chi connectivity index (χ3v) is 5.90. The first-order valence-corrected chi connectivity index (χ1v) is 11.4. The van der Waals surface area contributed by atoms with E-state index >= 15 is 0 Å². The lowest BCUT2D eigenvalue weighted by Crippen LogP contribution is -2.19. The standard InChI is InChI=1S/C27H34N4/c1-5-13-30-26-12-11-24-22(7-6-8-25(24)26)17-31-27(18-29-4)21-10-9-20(14-19(2)3)23(15-21)16-28/h6-10,15,19,26,30H,4-5,11-14,17-18H2,1-3H3/b31-27+. The van der Waals surface area contributed by atoms with Gasteiger partial charge < -0.3 is 5.32 Å². The summed E-state index contributed by atoms with van der Waals surface area (Å²) in [6.45, 7) is 12.3. The van der Waals surface area contributed by atoms with Crippen LogP contribution in [0.5, 0.6) is 0 Å². The minimum Gasteiger partial charge on any atom is -0.310 e. The highest BCUT2D eigenvalue weighted by atomic mass is 14.9. The molecule has 1 aliphatic rings. The van der Waals surface area contributed by atoms with E-state index in [0.717, 1.165) is 54.6 Å². The normalized spacial score (nSPS) is 15.7. The molecule has 0 amide bonds. The zero-order chi connectivity index (χ0) is 22.2. The van der Waals surface area contributed by atoms with Crippen molar-refractivity contribution in [2.45, 2.75) is 59.0 Å². The van der Waals surface area contributed by atoms with Gasteiger partial charge in [-0.05, 0) is 78.7 Å². The van der Waals surface area contributed by atoms with Gasteiger partial charge in [0.15, 0.2) is 0 Å². The Hall–Kier alpha value is -2.77. The van der Waals surface area contributed by atoms with E-state index in [9.17, 15) is 5.26 Å². The lowest BCUT2D eigenvalue weighted by Gasteiger charge is -2.14. The highest BCUT2D eigenvalue weighted by molar-refractivity contribution is 6.02. The number of fused-ring (bicyclic) bond motifs is 1. The SMILES string of the molecule is C=NC/C(=N\Cc1cccc2c1CCC2NCCC)c1ccc(CC(C)C)c(C#N)c1. The van der Waals surface area contributed by atoms with Crippen molar-refractivity contribution in [2.75, 3.05) is 13.1 Å². The maximum atomic E-state index is 9.64. The van der Waals surface area contributed by atoms with E-state index in [1.54, 1.807) is 0 Å². The first-order valence-electron chi connectivity index (χ1n) is 11.4. The second-order valence-corrected chi connectivity index (χ2v) is 8.76. The monoisotopic (exact) mass is 414 g/mol. The van der Waals surface area contributed by atoms with E-state index in [1.807, 2.05) is 6.07 Å². The van der Waals surface area contributed by atoms with Crippen molar-refractivity contribution in [2.24, 2.45) is 15.9 Å². The van der Waals surface area contributed by atoms with Crippen LogP contribution in [-0.2, 0) is 19.4 Å². The number of nitriles is 1. The van der Waals surface area contributed by atoms with Gasteiger partial charge in [0, 0.05) is 6.04 Å². The van der Waals surface area contributed by atoms with E-state index < -0.39 is 0 Å². The first kappa shape index (κ1) is 22.9. The molecule has 2 aromatic carbocycles. The zero-order valence-electron chi connectivity index (χ0n) is 19.1. The summed E-state index contributed by atoms with van der Waals surface area (Å²) in [5.74, 6) is 0.511. The second kappa shape index (κ2) is 11.0. The Bertz CT molecular complexity index is 981. The number of rotatable bonds is 10. The molecule has 4 nitrogen and oxygen atoms in total. The van der Waals surface area contributed by atoms with Gasteiger partial charge in [-0.2, -0.15) is 5.26 Å². The summed E-state index contributed by atoms with van der Waals surface area (Å²) in [7, 11) is 0. The molecule has 0 spiro atoms. The summed E-state index contributed by atoms with van der Waals surface area (Å²) >= 11 is 0. The highest BCUT2D eigenvalue weighted by Crippen LogP contribution is 2.33. The summed E-state index contributed by atoms with van der Waals surface area (Å²) in [4.78, 5) is 9.03. The number of hydrogen-bond acceptors (Lipinski definition) is 4. The molecule has 1 unspecified atom stereocenters. The van der Waals surface area contributed by atoms with Crippen molar-refractivity contribution >= 4 is 12.4 Å². The van der Waals surface area contributed by atoms with Crippen LogP contribution < -0.4 is 5.32 Å². The number of benzene rings is 2. The Morgan fingerprint density at radius 2 is 2.10 bits per heavy atom. The Morgan fingerprint density at radius 1 is 1.26 bits per heavy atom. The molecule has 0 radical (unpaired) electrons. The Kier molecular flexibility index (Phi) is 8.14. The van der Waals surface area contributed by atoms with Gasteiger partial charge in [-0.1, -0.05) is 51.1 Å². The number of aliphatic imine (C=N–C) groups is 2. The Morgan fingerprint density at radius 3 is 2.81 bits per heavy atom. The van der Waals surface area contributed by atoms with Crippen molar-refractivity contribution in [3.05, 3.63) is 69.8 Å². The van der Waals surface area contributed by atoms with Gasteiger partial charge in [0.1, 0.15) is 0 Å². The summed E-state index contributed by atoms with van der Waals surface area (Å²) in [6.07, 6.45) is 4.30. The van der Waals surface area contributed by atoms with E-state index in [-0.39, 0.29) is 0 Å². The minimum absolute atomic E-state index is 0.449. The van der Waals surface area contributed by atoms with Crippen LogP contribution in [0.25, 0.3) is 0 Å². The summed E-state index contributed by atoms with van der Waals surface area (Å²) in [5, 5.41) is 13.3. The Balaban J connectivity index is 1.86. The summed E-state index contributed by atoms with van der Waals surface area (Å²) in [6, 6.07) is 15.5. The molecule has 162 valence electrons. The molecule has 0 heterocycles. The predicted molar refractivity (Wildman–Crippen MR) is 130 cm³/mol. The first-order chi connectivity index (χ1) is 15.1. The van der Waals surface area contributed by atoms with Crippen LogP contribution in [0, 0.1) is 17.2 Å². The van der Waals surface area contributed by atoms with Gasteiger partial charge in [0.25, 0.3) is 0 Å².